The molecule has 0 atom stereocenters. The van der Waals surface area contributed by atoms with E-state index in [1.807, 2.05) is 4.90 Å². The SMILES string of the molecule is Cn1ncc(N2CCN(C(=O)Nc3cc(F)cc(F)c3Cl)CC2)cc1=O. The molecule has 1 fully saturated rings. The molecule has 1 aliphatic heterocycles. The summed E-state index contributed by atoms with van der Waals surface area (Å²) in [6, 6.07) is 2.59. The Bertz CT molecular complexity index is 897. The van der Waals surface area contributed by atoms with E-state index < -0.39 is 17.7 Å². The Balaban J connectivity index is 1.63. The van der Waals surface area contributed by atoms with Gasteiger partial charge in [-0.3, -0.25) is 4.79 Å². The van der Waals surface area contributed by atoms with Gasteiger partial charge in [0.2, 0.25) is 0 Å². The van der Waals surface area contributed by atoms with Crippen molar-refractivity contribution in [2.24, 2.45) is 7.05 Å². The summed E-state index contributed by atoms with van der Waals surface area (Å²) in [5.74, 6) is -1.77. The molecule has 26 heavy (non-hydrogen) atoms. The lowest BCUT2D eigenvalue weighted by atomic mass is 10.2. The van der Waals surface area contributed by atoms with E-state index in [0.717, 1.165) is 6.07 Å². The average molecular weight is 384 g/mol. The van der Waals surface area contributed by atoms with E-state index in [2.05, 4.69) is 10.4 Å². The van der Waals surface area contributed by atoms with Crippen LogP contribution in [0.25, 0.3) is 0 Å². The predicted octanol–water partition coefficient (Wildman–Crippen LogP) is 2.07. The van der Waals surface area contributed by atoms with Crippen molar-refractivity contribution >= 4 is 29.0 Å². The maximum absolute atomic E-state index is 13.5. The standard InChI is InChI=1S/C16H16ClF2N5O2/c1-22-14(25)8-11(9-20-22)23-2-4-24(5-3-23)16(26)21-13-7-10(18)6-12(19)15(13)17/h6-9H,2-5H2,1H3,(H,21,26). The number of nitrogens with one attached hydrogen (secondary N) is 1. The number of piperazine rings is 1. The smallest absolute Gasteiger partial charge is 0.322 e. The van der Waals surface area contributed by atoms with Gasteiger partial charge < -0.3 is 15.1 Å². The lowest BCUT2D eigenvalue weighted by Crippen LogP contribution is -2.50. The maximum atomic E-state index is 13.5. The number of hydrogen-bond acceptors (Lipinski definition) is 4. The molecule has 0 saturated carbocycles. The minimum atomic E-state index is -0.940. The summed E-state index contributed by atoms with van der Waals surface area (Å²) in [5.41, 5.74) is 0.348. The molecule has 1 aliphatic rings. The number of carbonyl (C=O) groups is 1. The third-order valence-electron chi connectivity index (χ3n) is 4.12. The van der Waals surface area contributed by atoms with Crippen LogP contribution in [0.4, 0.5) is 25.0 Å². The molecule has 138 valence electrons. The minimum absolute atomic E-state index is 0.118. The zero-order valence-corrected chi connectivity index (χ0v) is 14.6. The molecule has 0 bridgehead atoms. The number of hydrogen-bond donors (Lipinski definition) is 1. The lowest BCUT2D eigenvalue weighted by Gasteiger charge is -2.35. The maximum Gasteiger partial charge on any atom is 0.322 e. The van der Waals surface area contributed by atoms with Crippen LogP contribution < -0.4 is 15.8 Å². The highest BCUT2D eigenvalue weighted by molar-refractivity contribution is 6.33. The Hall–Kier alpha value is -2.68. The Morgan fingerprint density at radius 3 is 2.54 bits per heavy atom. The quantitative estimate of drug-likeness (QED) is 0.806. The number of benzene rings is 1. The number of aryl methyl sites for hydroxylation is 1. The van der Waals surface area contributed by atoms with Gasteiger partial charge >= 0.3 is 6.03 Å². The van der Waals surface area contributed by atoms with Gasteiger partial charge in [-0.1, -0.05) is 11.6 Å². The Kier molecular flexibility index (Phi) is 5.08. The van der Waals surface area contributed by atoms with Crippen molar-refractivity contribution in [3.8, 4) is 0 Å². The molecular weight excluding hydrogens is 368 g/mol. The van der Waals surface area contributed by atoms with Gasteiger partial charge in [-0.25, -0.2) is 18.3 Å². The molecule has 2 aromatic rings. The fraction of sp³-hybridized carbons (Fsp3) is 0.312. The van der Waals surface area contributed by atoms with Crippen LogP contribution in [0.3, 0.4) is 0 Å². The van der Waals surface area contributed by atoms with E-state index in [0.29, 0.717) is 37.9 Å². The van der Waals surface area contributed by atoms with Gasteiger partial charge in [-0.15, -0.1) is 0 Å². The van der Waals surface area contributed by atoms with Gasteiger partial charge in [0.15, 0.2) is 0 Å². The van der Waals surface area contributed by atoms with Crippen LogP contribution in [0, 0.1) is 11.6 Å². The summed E-state index contributed by atoms with van der Waals surface area (Å²) < 4.78 is 28.0. The fourth-order valence-corrected chi connectivity index (χ4v) is 2.80. The van der Waals surface area contributed by atoms with Gasteiger partial charge in [0.05, 0.1) is 17.6 Å². The molecule has 3 rings (SSSR count). The van der Waals surface area contributed by atoms with E-state index in [9.17, 15) is 18.4 Å². The first kappa shape index (κ1) is 18.1. The van der Waals surface area contributed by atoms with Crippen LogP contribution >= 0.6 is 11.6 Å². The molecule has 0 spiro atoms. The number of amides is 2. The van der Waals surface area contributed by atoms with Crippen molar-refractivity contribution in [2.45, 2.75) is 0 Å². The molecule has 1 aromatic carbocycles. The van der Waals surface area contributed by atoms with Crippen LogP contribution in [0.1, 0.15) is 0 Å². The Labute approximate surface area is 152 Å². The van der Waals surface area contributed by atoms with E-state index in [1.54, 1.807) is 13.2 Å². The molecule has 1 aromatic heterocycles. The molecular formula is C16H16ClF2N5O2. The van der Waals surface area contributed by atoms with Gasteiger partial charge in [0.25, 0.3) is 5.56 Å². The minimum Gasteiger partial charge on any atom is -0.367 e. The Morgan fingerprint density at radius 1 is 1.19 bits per heavy atom. The number of carbonyl (C=O) groups excluding carboxylic acids is 1. The average Bonchev–Trinajstić information content (AvgIpc) is 2.61. The van der Waals surface area contributed by atoms with Gasteiger partial charge in [0.1, 0.15) is 16.7 Å². The summed E-state index contributed by atoms with van der Waals surface area (Å²) in [6.07, 6.45) is 1.59. The lowest BCUT2D eigenvalue weighted by molar-refractivity contribution is 0.208. The summed E-state index contributed by atoms with van der Waals surface area (Å²) in [6.45, 7) is 1.73. The van der Waals surface area contributed by atoms with Gasteiger partial charge in [-0.2, -0.15) is 5.10 Å². The monoisotopic (exact) mass is 383 g/mol. The van der Waals surface area contributed by atoms with E-state index in [4.69, 9.17) is 11.6 Å². The van der Waals surface area contributed by atoms with Crippen LogP contribution in [-0.2, 0) is 7.05 Å². The number of urea groups is 1. The van der Waals surface area contributed by atoms with Crippen molar-refractivity contribution in [1.29, 1.82) is 0 Å². The molecule has 1 N–H and O–H groups in total. The van der Waals surface area contributed by atoms with E-state index >= 15 is 0 Å². The molecule has 2 heterocycles. The second-order valence-corrected chi connectivity index (χ2v) is 6.21. The highest BCUT2D eigenvalue weighted by Crippen LogP contribution is 2.26. The molecule has 0 unspecified atom stereocenters. The number of rotatable bonds is 2. The second kappa shape index (κ2) is 7.28. The summed E-state index contributed by atoms with van der Waals surface area (Å²) in [7, 11) is 1.56. The summed E-state index contributed by atoms with van der Waals surface area (Å²) >= 11 is 5.76. The van der Waals surface area contributed by atoms with Gasteiger partial charge in [0, 0.05) is 45.4 Å². The van der Waals surface area contributed by atoms with Crippen molar-refractivity contribution < 1.29 is 13.6 Å². The molecule has 1 saturated heterocycles. The third kappa shape index (κ3) is 3.77. The predicted molar refractivity (Wildman–Crippen MR) is 93.7 cm³/mol. The molecule has 0 radical (unpaired) electrons. The first-order valence-corrected chi connectivity index (χ1v) is 8.22. The molecule has 2 amide bonds. The van der Waals surface area contributed by atoms with Crippen molar-refractivity contribution in [1.82, 2.24) is 14.7 Å². The summed E-state index contributed by atoms with van der Waals surface area (Å²) in [4.78, 5) is 27.4. The van der Waals surface area contributed by atoms with Crippen LogP contribution in [0.2, 0.25) is 5.02 Å². The topological polar surface area (TPSA) is 70.5 Å². The van der Waals surface area contributed by atoms with Crippen LogP contribution in [0.5, 0.6) is 0 Å². The van der Waals surface area contributed by atoms with E-state index in [-0.39, 0.29) is 16.3 Å². The van der Waals surface area contributed by atoms with Crippen molar-refractivity contribution in [3.63, 3.8) is 0 Å². The highest BCUT2D eigenvalue weighted by Gasteiger charge is 2.23. The van der Waals surface area contributed by atoms with E-state index in [1.165, 1.54) is 15.6 Å². The number of aromatic nitrogens is 2. The van der Waals surface area contributed by atoms with Crippen LogP contribution in [0.15, 0.2) is 29.2 Å². The zero-order valence-electron chi connectivity index (χ0n) is 13.9. The number of nitrogens with zero attached hydrogens (tertiary/aromatic N) is 4. The van der Waals surface area contributed by atoms with Crippen molar-refractivity contribution in [2.75, 3.05) is 36.4 Å². The first-order chi connectivity index (χ1) is 12.3. The molecule has 0 aliphatic carbocycles. The van der Waals surface area contributed by atoms with Crippen LogP contribution in [-0.4, -0.2) is 46.9 Å². The fourth-order valence-electron chi connectivity index (χ4n) is 2.64. The van der Waals surface area contributed by atoms with Gasteiger partial charge in [-0.05, 0) is 6.07 Å². The number of anilines is 2. The third-order valence-corrected chi connectivity index (χ3v) is 4.50. The highest BCUT2D eigenvalue weighted by atomic mass is 35.5. The molecule has 7 nitrogen and oxygen atoms in total. The van der Waals surface area contributed by atoms with Crippen molar-refractivity contribution in [3.05, 3.63) is 51.4 Å². The largest absolute Gasteiger partial charge is 0.367 e. The Morgan fingerprint density at radius 2 is 1.88 bits per heavy atom. The normalized spacial score (nSPS) is 14.5. The molecule has 10 heteroatoms. The number of halogens is 3. The first-order valence-electron chi connectivity index (χ1n) is 7.84. The zero-order chi connectivity index (χ0) is 18.8. The summed E-state index contributed by atoms with van der Waals surface area (Å²) in [5, 5.41) is 6.05. The second-order valence-electron chi connectivity index (χ2n) is 5.83.